The average Bonchev–Trinajstić information content (AvgIpc) is 3.65. The molecule has 0 aliphatic rings. The first kappa shape index (κ1) is 30.5. The van der Waals surface area contributed by atoms with Crippen LogP contribution < -0.4 is 27.4 Å². The standard InChI is InChI=1S/C26H33N9O6/c27-18(6-7-22(28)36)23(37)33-19(9-16-11-29-13-31-16)24(38)34-20(10-17-12-30-14-32-17)25(39)35-21(26(40)41)8-15-4-2-1-3-5-15/h1-5,11-14,18-21H,6-10,27H2,(H2,28,36)(H,29,31)(H,30,32)(H,33,37)(H,34,38)(H,35,39)(H,40,41). The molecule has 0 saturated heterocycles. The Bertz CT molecular complexity index is 1300. The molecule has 218 valence electrons. The highest BCUT2D eigenvalue weighted by molar-refractivity contribution is 5.94. The van der Waals surface area contributed by atoms with Crippen molar-refractivity contribution in [2.75, 3.05) is 0 Å². The Morgan fingerprint density at radius 3 is 1.76 bits per heavy atom. The van der Waals surface area contributed by atoms with E-state index < -0.39 is 53.8 Å². The van der Waals surface area contributed by atoms with Crippen molar-refractivity contribution in [2.24, 2.45) is 11.5 Å². The normalized spacial score (nSPS) is 13.8. The van der Waals surface area contributed by atoms with E-state index in [1.54, 1.807) is 30.3 Å². The summed E-state index contributed by atoms with van der Waals surface area (Å²) in [7, 11) is 0. The summed E-state index contributed by atoms with van der Waals surface area (Å²) in [6.07, 6.45) is 5.54. The first-order valence-electron chi connectivity index (χ1n) is 12.8. The Morgan fingerprint density at radius 2 is 1.29 bits per heavy atom. The zero-order chi connectivity index (χ0) is 29.8. The van der Waals surface area contributed by atoms with E-state index in [2.05, 4.69) is 35.9 Å². The summed E-state index contributed by atoms with van der Waals surface area (Å²) in [5.74, 6) is -4.05. The van der Waals surface area contributed by atoms with Crippen molar-refractivity contribution < 1.29 is 29.1 Å². The monoisotopic (exact) mass is 567 g/mol. The van der Waals surface area contributed by atoms with Crippen LogP contribution in [0, 0.1) is 0 Å². The number of aliphatic carboxylic acids is 1. The van der Waals surface area contributed by atoms with Gasteiger partial charge in [-0.15, -0.1) is 0 Å². The maximum atomic E-state index is 13.5. The number of nitrogens with one attached hydrogen (secondary N) is 5. The molecule has 15 nitrogen and oxygen atoms in total. The second-order valence-corrected chi connectivity index (χ2v) is 9.38. The summed E-state index contributed by atoms with van der Waals surface area (Å²) in [5.41, 5.74) is 12.7. The minimum absolute atomic E-state index is 0.0222. The number of carboxylic acid groups (broad SMARTS) is 1. The summed E-state index contributed by atoms with van der Waals surface area (Å²) < 4.78 is 0. The van der Waals surface area contributed by atoms with Crippen LogP contribution in [0.2, 0.25) is 0 Å². The Labute approximate surface area is 234 Å². The molecule has 3 rings (SSSR count). The van der Waals surface area contributed by atoms with Gasteiger partial charge in [0.15, 0.2) is 0 Å². The molecule has 0 radical (unpaired) electrons. The predicted octanol–water partition coefficient (Wildman–Crippen LogP) is -1.71. The quantitative estimate of drug-likeness (QED) is 0.0979. The van der Waals surface area contributed by atoms with Gasteiger partial charge >= 0.3 is 5.97 Å². The van der Waals surface area contributed by atoms with Crippen LogP contribution in [-0.2, 0) is 43.2 Å². The zero-order valence-electron chi connectivity index (χ0n) is 22.1. The number of primary amides is 1. The third-order valence-electron chi connectivity index (χ3n) is 6.16. The van der Waals surface area contributed by atoms with Gasteiger partial charge in [-0.05, 0) is 12.0 Å². The Hall–Kier alpha value is -5.05. The summed E-state index contributed by atoms with van der Waals surface area (Å²) in [6.45, 7) is 0. The Morgan fingerprint density at radius 1 is 0.780 bits per heavy atom. The minimum atomic E-state index is -1.27. The van der Waals surface area contributed by atoms with E-state index in [4.69, 9.17) is 11.5 Å². The van der Waals surface area contributed by atoms with Crippen LogP contribution in [0.25, 0.3) is 0 Å². The summed E-state index contributed by atoms with van der Waals surface area (Å²) in [4.78, 5) is 76.1. The highest BCUT2D eigenvalue weighted by Gasteiger charge is 2.31. The molecule has 0 aliphatic heterocycles. The van der Waals surface area contributed by atoms with Crippen LogP contribution in [0.4, 0.5) is 0 Å². The van der Waals surface area contributed by atoms with Crippen LogP contribution in [0.15, 0.2) is 55.4 Å². The molecule has 2 aromatic heterocycles. The maximum Gasteiger partial charge on any atom is 0.326 e. The van der Waals surface area contributed by atoms with E-state index in [1.807, 2.05) is 0 Å². The largest absolute Gasteiger partial charge is 0.480 e. The first-order valence-corrected chi connectivity index (χ1v) is 12.8. The molecule has 2 heterocycles. The number of nitrogens with two attached hydrogens (primary N) is 2. The number of rotatable bonds is 16. The molecule has 1 aromatic carbocycles. The Balaban J connectivity index is 1.77. The van der Waals surface area contributed by atoms with Crippen LogP contribution >= 0.6 is 0 Å². The predicted molar refractivity (Wildman–Crippen MR) is 145 cm³/mol. The first-order chi connectivity index (χ1) is 19.6. The fourth-order valence-corrected chi connectivity index (χ4v) is 3.95. The number of carboxylic acids is 1. The molecule has 4 amide bonds. The van der Waals surface area contributed by atoms with Gasteiger partial charge in [0.05, 0.1) is 18.7 Å². The lowest BCUT2D eigenvalue weighted by Gasteiger charge is -2.25. The number of amides is 4. The van der Waals surface area contributed by atoms with E-state index in [0.29, 0.717) is 17.0 Å². The molecule has 0 saturated carbocycles. The molecule has 0 fully saturated rings. The summed E-state index contributed by atoms with van der Waals surface area (Å²) >= 11 is 0. The van der Waals surface area contributed by atoms with Gasteiger partial charge in [-0.1, -0.05) is 30.3 Å². The van der Waals surface area contributed by atoms with E-state index in [-0.39, 0.29) is 32.1 Å². The number of carbonyl (C=O) groups is 5. The van der Waals surface area contributed by atoms with Crippen molar-refractivity contribution in [2.45, 2.75) is 56.3 Å². The molecule has 0 bridgehead atoms. The lowest BCUT2D eigenvalue weighted by Crippen LogP contribution is -2.58. The lowest BCUT2D eigenvalue weighted by atomic mass is 10.0. The van der Waals surface area contributed by atoms with E-state index in [0.717, 1.165) is 0 Å². The van der Waals surface area contributed by atoms with E-state index in [1.165, 1.54) is 25.0 Å². The second-order valence-electron chi connectivity index (χ2n) is 9.38. The highest BCUT2D eigenvalue weighted by atomic mass is 16.4. The highest BCUT2D eigenvalue weighted by Crippen LogP contribution is 2.07. The van der Waals surface area contributed by atoms with Gasteiger partial charge in [0.25, 0.3) is 0 Å². The number of carbonyl (C=O) groups excluding carboxylic acids is 4. The Kier molecular flexibility index (Phi) is 11.1. The number of aromatic amines is 2. The van der Waals surface area contributed by atoms with Gasteiger partial charge in [0.1, 0.15) is 18.1 Å². The number of aromatic nitrogens is 4. The van der Waals surface area contributed by atoms with Crippen LogP contribution in [0.5, 0.6) is 0 Å². The third-order valence-corrected chi connectivity index (χ3v) is 6.16. The number of benzene rings is 1. The fourth-order valence-electron chi connectivity index (χ4n) is 3.95. The van der Waals surface area contributed by atoms with Crippen molar-refractivity contribution in [1.29, 1.82) is 0 Å². The molecule has 3 aromatic rings. The van der Waals surface area contributed by atoms with Crippen LogP contribution in [-0.4, -0.2) is 78.8 Å². The number of nitrogens with zero attached hydrogens (tertiary/aromatic N) is 2. The van der Waals surface area contributed by atoms with Gasteiger partial charge in [0.2, 0.25) is 23.6 Å². The molecule has 0 spiro atoms. The molecule has 0 aliphatic carbocycles. The van der Waals surface area contributed by atoms with Crippen molar-refractivity contribution in [3.8, 4) is 0 Å². The molecule has 10 N–H and O–H groups in total. The third kappa shape index (κ3) is 9.89. The van der Waals surface area contributed by atoms with Crippen molar-refractivity contribution >= 4 is 29.6 Å². The van der Waals surface area contributed by atoms with Gasteiger partial charge in [-0.3, -0.25) is 19.2 Å². The molecule has 4 atom stereocenters. The molecule has 4 unspecified atom stereocenters. The second kappa shape index (κ2) is 14.9. The summed E-state index contributed by atoms with van der Waals surface area (Å²) in [5, 5.41) is 17.4. The molecular weight excluding hydrogens is 534 g/mol. The van der Waals surface area contributed by atoms with Crippen molar-refractivity contribution in [3.05, 3.63) is 72.3 Å². The molecule has 15 heteroatoms. The number of hydrogen-bond donors (Lipinski definition) is 8. The number of hydrogen-bond acceptors (Lipinski definition) is 8. The topological polar surface area (TPSA) is 251 Å². The fraction of sp³-hybridized carbons (Fsp3) is 0.346. The molecule has 41 heavy (non-hydrogen) atoms. The minimum Gasteiger partial charge on any atom is -0.480 e. The van der Waals surface area contributed by atoms with E-state index >= 15 is 0 Å². The van der Waals surface area contributed by atoms with Crippen molar-refractivity contribution in [3.63, 3.8) is 0 Å². The number of imidazole rings is 2. The van der Waals surface area contributed by atoms with Gasteiger partial charge in [-0.25, -0.2) is 14.8 Å². The zero-order valence-corrected chi connectivity index (χ0v) is 22.1. The van der Waals surface area contributed by atoms with E-state index in [9.17, 15) is 29.1 Å². The smallest absolute Gasteiger partial charge is 0.326 e. The van der Waals surface area contributed by atoms with Crippen LogP contribution in [0.3, 0.4) is 0 Å². The SMILES string of the molecule is NC(=O)CCC(N)C(=O)NC(Cc1cnc[nH]1)C(=O)NC(Cc1cnc[nH]1)C(=O)NC(Cc1ccccc1)C(=O)O. The summed E-state index contributed by atoms with van der Waals surface area (Å²) in [6, 6.07) is 3.97. The van der Waals surface area contributed by atoms with Crippen LogP contribution in [0.1, 0.15) is 29.8 Å². The average molecular weight is 568 g/mol. The molecular formula is C26H33N9O6. The van der Waals surface area contributed by atoms with Gasteiger partial charge in [0, 0.05) is 49.5 Å². The van der Waals surface area contributed by atoms with Gasteiger partial charge in [-0.2, -0.15) is 0 Å². The maximum absolute atomic E-state index is 13.5. The van der Waals surface area contributed by atoms with Crippen molar-refractivity contribution in [1.82, 2.24) is 35.9 Å². The number of H-pyrrole nitrogens is 2. The van der Waals surface area contributed by atoms with Gasteiger partial charge < -0.3 is 42.5 Å². The lowest BCUT2D eigenvalue weighted by molar-refractivity contribution is -0.142.